The first-order valence-corrected chi connectivity index (χ1v) is 5.87. The van der Waals surface area contributed by atoms with Crippen LogP contribution in [-0.4, -0.2) is 31.1 Å². The van der Waals surface area contributed by atoms with Gasteiger partial charge in [-0.3, -0.25) is 0 Å². The van der Waals surface area contributed by atoms with Crippen LogP contribution in [0.25, 0.3) is 0 Å². The summed E-state index contributed by atoms with van der Waals surface area (Å²) >= 11 is 0. The third-order valence-electron chi connectivity index (χ3n) is 3.28. The molecule has 0 saturated carbocycles. The normalized spacial score (nSPS) is 21.2. The van der Waals surface area contributed by atoms with Gasteiger partial charge < -0.3 is 10.2 Å². The number of halogens is 1. The van der Waals surface area contributed by atoms with Crippen molar-refractivity contribution in [2.75, 3.05) is 25.5 Å². The monoisotopic (exact) mass is 221 g/mol. The first kappa shape index (κ1) is 11.4. The molecule has 1 saturated heterocycles. The van der Waals surface area contributed by atoms with Crippen molar-refractivity contribution in [1.29, 1.82) is 0 Å². The summed E-state index contributed by atoms with van der Waals surface area (Å²) in [5, 5.41) is 3.14. The second-order valence-corrected chi connectivity index (χ2v) is 4.40. The highest BCUT2D eigenvalue weighted by Gasteiger charge is 2.19. The molecule has 3 heteroatoms. The lowest BCUT2D eigenvalue weighted by atomic mass is 10.1. The van der Waals surface area contributed by atoms with E-state index in [1.54, 1.807) is 12.1 Å². The van der Waals surface area contributed by atoms with E-state index in [1.165, 1.54) is 25.5 Å². The van der Waals surface area contributed by atoms with Crippen molar-refractivity contribution in [3.63, 3.8) is 0 Å². The maximum absolute atomic E-state index is 13.3. The molecule has 1 unspecified atom stereocenters. The lowest BCUT2D eigenvalue weighted by molar-refractivity contribution is 0.301. The van der Waals surface area contributed by atoms with Gasteiger partial charge in [0.1, 0.15) is 5.82 Å². The molecule has 0 amide bonds. The van der Waals surface area contributed by atoms with Crippen molar-refractivity contribution in [1.82, 2.24) is 4.90 Å². The summed E-state index contributed by atoms with van der Waals surface area (Å²) in [6.45, 7) is 2.02. The molecule has 2 nitrogen and oxygen atoms in total. The zero-order valence-corrected chi connectivity index (χ0v) is 9.67. The SMILES string of the molecule is CN1CCCC1CCNc1cc[c]cc1F. The molecule has 1 aliphatic heterocycles. The second kappa shape index (κ2) is 5.30. The first-order valence-electron chi connectivity index (χ1n) is 5.87. The van der Waals surface area contributed by atoms with Crippen LogP contribution in [0.15, 0.2) is 18.2 Å². The summed E-state index contributed by atoms with van der Waals surface area (Å²) in [6, 6.07) is 8.20. The van der Waals surface area contributed by atoms with Gasteiger partial charge in [-0.05, 0) is 51.1 Å². The molecule has 0 spiro atoms. The number of benzene rings is 1. The summed E-state index contributed by atoms with van der Waals surface area (Å²) in [6.07, 6.45) is 3.63. The number of anilines is 1. The molecule has 87 valence electrons. The molecule has 0 bridgehead atoms. The highest BCUT2D eigenvalue weighted by atomic mass is 19.1. The molecule has 1 radical (unpaired) electrons. The lowest BCUT2D eigenvalue weighted by Gasteiger charge is -2.19. The minimum atomic E-state index is -0.220. The van der Waals surface area contributed by atoms with Crippen molar-refractivity contribution in [2.45, 2.75) is 25.3 Å². The van der Waals surface area contributed by atoms with Crippen LogP contribution in [0.2, 0.25) is 0 Å². The smallest absolute Gasteiger partial charge is 0.146 e. The van der Waals surface area contributed by atoms with E-state index in [4.69, 9.17) is 0 Å². The number of hydrogen-bond acceptors (Lipinski definition) is 2. The van der Waals surface area contributed by atoms with E-state index in [-0.39, 0.29) is 5.82 Å². The second-order valence-electron chi connectivity index (χ2n) is 4.40. The Labute approximate surface area is 96.5 Å². The van der Waals surface area contributed by atoms with E-state index in [0.717, 1.165) is 13.0 Å². The fourth-order valence-electron chi connectivity index (χ4n) is 2.27. The van der Waals surface area contributed by atoms with Gasteiger partial charge in [-0.2, -0.15) is 0 Å². The molecule has 1 fully saturated rings. The Bertz CT molecular complexity index is 340. The molecular weight excluding hydrogens is 203 g/mol. The predicted octanol–water partition coefficient (Wildman–Crippen LogP) is 2.52. The number of nitrogens with one attached hydrogen (secondary N) is 1. The number of likely N-dealkylation sites (tertiary alicyclic amines) is 1. The van der Waals surface area contributed by atoms with Crippen LogP contribution in [0.5, 0.6) is 0 Å². The molecular formula is C13H18FN2. The van der Waals surface area contributed by atoms with Gasteiger partial charge in [0.2, 0.25) is 0 Å². The molecule has 1 N–H and O–H groups in total. The molecule has 16 heavy (non-hydrogen) atoms. The third kappa shape index (κ3) is 2.73. The largest absolute Gasteiger partial charge is 0.383 e. The first-order chi connectivity index (χ1) is 7.77. The standard InChI is InChI=1S/C13H18FN2/c1-16-10-4-5-11(16)8-9-15-13-7-3-2-6-12(13)14/h3,6-7,11,15H,4-5,8-10H2,1H3. The van der Waals surface area contributed by atoms with Crippen LogP contribution in [0.3, 0.4) is 0 Å². The Morgan fingerprint density at radius 3 is 3.19 bits per heavy atom. The Morgan fingerprint density at radius 1 is 1.62 bits per heavy atom. The van der Waals surface area contributed by atoms with E-state index in [9.17, 15) is 4.39 Å². The van der Waals surface area contributed by atoms with Gasteiger partial charge in [-0.25, -0.2) is 4.39 Å². The van der Waals surface area contributed by atoms with E-state index in [2.05, 4.69) is 23.3 Å². The minimum absolute atomic E-state index is 0.220. The van der Waals surface area contributed by atoms with E-state index >= 15 is 0 Å². The van der Waals surface area contributed by atoms with Crippen molar-refractivity contribution in [3.8, 4) is 0 Å². The van der Waals surface area contributed by atoms with Crippen LogP contribution in [0.1, 0.15) is 19.3 Å². The van der Waals surface area contributed by atoms with Crippen LogP contribution in [0.4, 0.5) is 10.1 Å². The van der Waals surface area contributed by atoms with Crippen molar-refractivity contribution in [3.05, 3.63) is 30.1 Å². The molecule has 2 rings (SSSR count). The molecule has 0 aromatic heterocycles. The molecule has 1 aliphatic rings. The Balaban J connectivity index is 1.78. The fourth-order valence-corrected chi connectivity index (χ4v) is 2.27. The van der Waals surface area contributed by atoms with Gasteiger partial charge in [0, 0.05) is 12.6 Å². The minimum Gasteiger partial charge on any atom is -0.383 e. The predicted molar refractivity (Wildman–Crippen MR) is 64.0 cm³/mol. The van der Waals surface area contributed by atoms with Gasteiger partial charge in [0.15, 0.2) is 0 Å². The number of nitrogens with zero attached hydrogens (tertiary/aromatic N) is 1. The van der Waals surface area contributed by atoms with Gasteiger partial charge in [0.25, 0.3) is 0 Å². The van der Waals surface area contributed by atoms with Crippen molar-refractivity contribution < 1.29 is 4.39 Å². The van der Waals surface area contributed by atoms with Crippen LogP contribution < -0.4 is 5.32 Å². The molecule has 1 atom stereocenters. The zero-order valence-electron chi connectivity index (χ0n) is 9.67. The highest BCUT2D eigenvalue weighted by molar-refractivity contribution is 5.43. The summed E-state index contributed by atoms with van der Waals surface area (Å²) in [7, 11) is 2.16. The van der Waals surface area contributed by atoms with Gasteiger partial charge in [-0.1, -0.05) is 6.07 Å². The maximum Gasteiger partial charge on any atom is 0.146 e. The van der Waals surface area contributed by atoms with Gasteiger partial charge >= 0.3 is 0 Å². The van der Waals surface area contributed by atoms with Crippen LogP contribution in [0, 0.1) is 11.9 Å². The topological polar surface area (TPSA) is 15.3 Å². The van der Waals surface area contributed by atoms with Gasteiger partial charge in [0.05, 0.1) is 5.69 Å². The van der Waals surface area contributed by atoms with Crippen molar-refractivity contribution in [2.24, 2.45) is 0 Å². The van der Waals surface area contributed by atoms with E-state index in [1.807, 2.05) is 0 Å². The van der Waals surface area contributed by atoms with E-state index in [0.29, 0.717) is 11.7 Å². The van der Waals surface area contributed by atoms with E-state index < -0.39 is 0 Å². The number of hydrogen-bond donors (Lipinski definition) is 1. The number of rotatable bonds is 4. The zero-order chi connectivity index (χ0) is 11.4. The summed E-state index contributed by atoms with van der Waals surface area (Å²) in [5.41, 5.74) is 0.583. The van der Waals surface area contributed by atoms with Crippen LogP contribution >= 0.6 is 0 Å². The van der Waals surface area contributed by atoms with Crippen molar-refractivity contribution >= 4 is 5.69 Å². The fraction of sp³-hybridized carbons (Fsp3) is 0.538. The summed E-state index contributed by atoms with van der Waals surface area (Å²) in [4.78, 5) is 2.39. The molecule has 1 aromatic carbocycles. The average Bonchev–Trinajstić information content (AvgIpc) is 2.67. The molecule has 0 aliphatic carbocycles. The Morgan fingerprint density at radius 2 is 2.50 bits per heavy atom. The van der Waals surface area contributed by atoms with Crippen LogP contribution in [-0.2, 0) is 0 Å². The Hall–Kier alpha value is -1.09. The molecule has 1 heterocycles. The quantitative estimate of drug-likeness (QED) is 0.840. The van der Waals surface area contributed by atoms with Gasteiger partial charge in [-0.15, -0.1) is 0 Å². The highest BCUT2D eigenvalue weighted by Crippen LogP contribution is 2.18. The Kier molecular flexibility index (Phi) is 3.78. The summed E-state index contributed by atoms with van der Waals surface area (Å²) in [5.74, 6) is -0.220. The third-order valence-corrected chi connectivity index (χ3v) is 3.28. The summed E-state index contributed by atoms with van der Waals surface area (Å²) < 4.78 is 13.3. The average molecular weight is 221 g/mol. The maximum atomic E-state index is 13.3. The lowest BCUT2D eigenvalue weighted by Crippen LogP contribution is -2.27. The molecule has 1 aromatic rings.